The van der Waals surface area contributed by atoms with Crippen LogP contribution < -0.4 is 5.32 Å². The molecule has 1 aromatic rings. The first kappa shape index (κ1) is 13.0. The Morgan fingerprint density at radius 1 is 1.18 bits per heavy atom. The fourth-order valence-corrected chi connectivity index (χ4v) is 2.89. The van der Waals surface area contributed by atoms with Crippen molar-refractivity contribution < 1.29 is 4.74 Å². The van der Waals surface area contributed by atoms with Crippen LogP contribution in [0.1, 0.15) is 25.7 Å². The van der Waals surface area contributed by atoms with Crippen LogP contribution in [0.25, 0.3) is 0 Å². The molecule has 2 rings (SSSR count). The van der Waals surface area contributed by atoms with Gasteiger partial charge in [-0.25, -0.2) is 0 Å². The Hall–Kier alpha value is -0.440. The van der Waals surface area contributed by atoms with E-state index in [2.05, 4.69) is 5.32 Å². The van der Waals surface area contributed by atoms with Gasteiger partial charge in [-0.3, -0.25) is 0 Å². The third-order valence-electron chi connectivity index (χ3n) is 3.19. The van der Waals surface area contributed by atoms with Crippen LogP contribution in [-0.2, 0) is 4.74 Å². The number of benzene rings is 1. The maximum atomic E-state index is 5.97. The van der Waals surface area contributed by atoms with Gasteiger partial charge >= 0.3 is 0 Å². The zero-order valence-corrected chi connectivity index (χ0v) is 11.4. The second-order valence-electron chi connectivity index (χ2n) is 4.52. The molecule has 0 heterocycles. The van der Waals surface area contributed by atoms with Crippen molar-refractivity contribution in [3.8, 4) is 0 Å². The van der Waals surface area contributed by atoms with Gasteiger partial charge in [-0.2, -0.15) is 0 Å². The van der Waals surface area contributed by atoms with Crippen molar-refractivity contribution in [1.82, 2.24) is 0 Å². The monoisotopic (exact) mass is 273 g/mol. The first-order chi connectivity index (χ1) is 8.17. The Labute approximate surface area is 112 Å². The maximum absolute atomic E-state index is 5.97. The van der Waals surface area contributed by atoms with E-state index in [1.165, 1.54) is 12.8 Å². The van der Waals surface area contributed by atoms with E-state index in [1.54, 1.807) is 13.2 Å². The molecule has 1 N–H and O–H groups in total. The minimum absolute atomic E-state index is 0.371. The normalized spacial score (nSPS) is 24.6. The zero-order chi connectivity index (χ0) is 12.3. The third kappa shape index (κ3) is 3.77. The van der Waals surface area contributed by atoms with Crippen LogP contribution in [0.15, 0.2) is 18.2 Å². The molecule has 17 heavy (non-hydrogen) atoms. The van der Waals surface area contributed by atoms with E-state index in [-0.39, 0.29) is 0 Å². The first-order valence-corrected chi connectivity index (χ1v) is 6.68. The predicted molar refractivity (Wildman–Crippen MR) is 73.1 cm³/mol. The molecule has 0 radical (unpaired) electrons. The van der Waals surface area contributed by atoms with Crippen molar-refractivity contribution in [3.63, 3.8) is 0 Å². The summed E-state index contributed by atoms with van der Waals surface area (Å²) in [6.45, 7) is 0. The van der Waals surface area contributed by atoms with Crippen LogP contribution in [0, 0.1) is 0 Å². The van der Waals surface area contributed by atoms with Crippen molar-refractivity contribution in [2.24, 2.45) is 0 Å². The van der Waals surface area contributed by atoms with Gasteiger partial charge in [0.15, 0.2) is 0 Å². The Balaban J connectivity index is 2.00. The number of hydrogen-bond acceptors (Lipinski definition) is 2. The lowest BCUT2D eigenvalue weighted by Crippen LogP contribution is -2.30. The standard InChI is InChI=1S/C13H17Cl2NO/c1-17-13-4-2-3-11(8-13)16-12-6-9(14)5-10(15)7-12/h5-7,11,13,16H,2-4,8H2,1H3. The summed E-state index contributed by atoms with van der Waals surface area (Å²) in [6, 6.07) is 6.00. The maximum Gasteiger partial charge on any atom is 0.0590 e. The smallest absolute Gasteiger partial charge is 0.0590 e. The highest BCUT2D eigenvalue weighted by Gasteiger charge is 2.21. The topological polar surface area (TPSA) is 21.3 Å². The van der Waals surface area contributed by atoms with E-state index < -0.39 is 0 Å². The Morgan fingerprint density at radius 2 is 1.88 bits per heavy atom. The number of ether oxygens (including phenoxy) is 1. The average Bonchev–Trinajstić information content (AvgIpc) is 2.28. The summed E-state index contributed by atoms with van der Waals surface area (Å²) in [7, 11) is 1.78. The van der Waals surface area contributed by atoms with Gasteiger partial charge < -0.3 is 10.1 Å². The van der Waals surface area contributed by atoms with Gasteiger partial charge in [0.1, 0.15) is 0 Å². The molecule has 1 aliphatic carbocycles. The summed E-state index contributed by atoms with van der Waals surface area (Å²) >= 11 is 11.9. The summed E-state index contributed by atoms with van der Waals surface area (Å²) < 4.78 is 5.41. The molecular weight excluding hydrogens is 257 g/mol. The molecule has 1 fully saturated rings. The molecular formula is C13H17Cl2NO. The molecule has 0 aliphatic heterocycles. The number of hydrogen-bond donors (Lipinski definition) is 1. The van der Waals surface area contributed by atoms with E-state index in [1.807, 2.05) is 12.1 Å². The molecule has 94 valence electrons. The lowest BCUT2D eigenvalue weighted by atomic mass is 9.92. The molecule has 1 aliphatic rings. The van der Waals surface area contributed by atoms with Gasteiger partial charge in [-0.15, -0.1) is 0 Å². The number of halogens is 2. The Kier molecular flexibility index (Phi) is 4.55. The molecule has 1 saturated carbocycles. The van der Waals surface area contributed by atoms with Gasteiger partial charge in [-0.1, -0.05) is 23.2 Å². The van der Waals surface area contributed by atoms with E-state index in [9.17, 15) is 0 Å². The highest BCUT2D eigenvalue weighted by Crippen LogP contribution is 2.27. The van der Waals surface area contributed by atoms with Gasteiger partial charge in [0.05, 0.1) is 6.10 Å². The zero-order valence-electron chi connectivity index (χ0n) is 9.88. The molecule has 2 unspecified atom stereocenters. The van der Waals surface area contributed by atoms with Gasteiger partial charge in [0, 0.05) is 28.9 Å². The molecule has 4 heteroatoms. The van der Waals surface area contributed by atoms with E-state index >= 15 is 0 Å². The summed E-state index contributed by atoms with van der Waals surface area (Å²) in [6.07, 6.45) is 4.94. The second kappa shape index (κ2) is 5.94. The average molecular weight is 274 g/mol. The molecule has 0 bridgehead atoms. The minimum atomic E-state index is 0.371. The highest BCUT2D eigenvalue weighted by molar-refractivity contribution is 6.35. The van der Waals surface area contributed by atoms with Crippen molar-refractivity contribution >= 4 is 28.9 Å². The molecule has 2 atom stereocenters. The Morgan fingerprint density at radius 3 is 2.53 bits per heavy atom. The van der Waals surface area contributed by atoms with Gasteiger partial charge in [0.2, 0.25) is 0 Å². The summed E-state index contributed by atoms with van der Waals surface area (Å²) in [5, 5.41) is 4.81. The van der Waals surface area contributed by atoms with Gasteiger partial charge in [0.25, 0.3) is 0 Å². The fraction of sp³-hybridized carbons (Fsp3) is 0.538. The van der Waals surface area contributed by atoms with Crippen molar-refractivity contribution in [1.29, 1.82) is 0 Å². The van der Waals surface area contributed by atoms with Crippen molar-refractivity contribution in [3.05, 3.63) is 28.2 Å². The summed E-state index contributed by atoms with van der Waals surface area (Å²) in [5.41, 5.74) is 0.990. The lowest BCUT2D eigenvalue weighted by Gasteiger charge is -2.29. The van der Waals surface area contributed by atoms with E-state index in [4.69, 9.17) is 27.9 Å². The molecule has 1 aromatic carbocycles. The number of methoxy groups -OCH3 is 1. The van der Waals surface area contributed by atoms with Gasteiger partial charge in [-0.05, 0) is 43.9 Å². The fourth-order valence-electron chi connectivity index (χ4n) is 2.36. The molecule has 0 aromatic heterocycles. The molecule has 0 saturated heterocycles. The van der Waals surface area contributed by atoms with Crippen LogP contribution in [-0.4, -0.2) is 19.3 Å². The third-order valence-corrected chi connectivity index (χ3v) is 3.63. The Bertz CT molecular complexity index is 363. The van der Waals surface area contributed by atoms with Crippen LogP contribution in [0.4, 0.5) is 5.69 Å². The number of anilines is 1. The highest BCUT2D eigenvalue weighted by atomic mass is 35.5. The lowest BCUT2D eigenvalue weighted by molar-refractivity contribution is 0.0669. The summed E-state index contributed by atoms with van der Waals surface area (Å²) in [5.74, 6) is 0. The van der Waals surface area contributed by atoms with Crippen molar-refractivity contribution in [2.75, 3.05) is 12.4 Å². The first-order valence-electron chi connectivity index (χ1n) is 5.93. The largest absolute Gasteiger partial charge is 0.382 e. The van der Waals surface area contributed by atoms with Crippen molar-refractivity contribution in [2.45, 2.75) is 37.8 Å². The van der Waals surface area contributed by atoms with Crippen LogP contribution >= 0.6 is 23.2 Å². The number of nitrogens with one attached hydrogen (secondary N) is 1. The molecule has 2 nitrogen and oxygen atoms in total. The number of rotatable bonds is 3. The van der Waals surface area contributed by atoms with Crippen LogP contribution in [0.5, 0.6) is 0 Å². The SMILES string of the molecule is COC1CCCC(Nc2cc(Cl)cc(Cl)c2)C1. The predicted octanol–water partition coefficient (Wildman–Crippen LogP) is 4.36. The van der Waals surface area contributed by atoms with E-state index in [0.717, 1.165) is 18.5 Å². The molecule has 0 spiro atoms. The molecule has 0 amide bonds. The second-order valence-corrected chi connectivity index (χ2v) is 5.40. The van der Waals surface area contributed by atoms with Crippen LogP contribution in [0.2, 0.25) is 10.0 Å². The van der Waals surface area contributed by atoms with Crippen LogP contribution in [0.3, 0.4) is 0 Å². The minimum Gasteiger partial charge on any atom is -0.382 e. The summed E-state index contributed by atoms with van der Waals surface area (Å²) in [4.78, 5) is 0. The quantitative estimate of drug-likeness (QED) is 0.884. The van der Waals surface area contributed by atoms with E-state index in [0.29, 0.717) is 22.2 Å².